The second kappa shape index (κ2) is 5.69. The van der Waals surface area contributed by atoms with Crippen LogP contribution in [0.1, 0.15) is 24.4 Å². The summed E-state index contributed by atoms with van der Waals surface area (Å²) in [5, 5.41) is 15.8. The van der Waals surface area contributed by atoms with Gasteiger partial charge in [0.15, 0.2) is 10.8 Å². The molecule has 10 heteroatoms. The summed E-state index contributed by atoms with van der Waals surface area (Å²) >= 11 is 1.09. The second-order valence-corrected chi connectivity index (χ2v) is 6.06. The highest BCUT2D eigenvalue weighted by Gasteiger charge is 2.33. The quantitative estimate of drug-likeness (QED) is 0.898. The zero-order chi connectivity index (χ0) is 16.5. The Bertz CT molecular complexity index is 616. The van der Waals surface area contributed by atoms with Gasteiger partial charge in [-0.3, -0.25) is 9.48 Å². The van der Waals surface area contributed by atoms with Gasteiger partial charge in [-0.15, -0.1) is 0 Å². The fourth-order valence-corrected chi connectivity index (χ4v) is 2.36. The number of hydrogen-bond donors (Lipinski definition) is 2. The van der Waals surface area contributed by atoms with E-state index in [-0.39, 0.29) is 11.7 Å². The summed E-state index contributed by atoms with van der Waals surface area (Å²) in [4.78, 5) is 16.2. The van der Waals surface area contributed by atoms with E-state index in [4.69, 9.17) is 0 Å². The smallest absolute Gasteiger partial charge is 0.385 e. The molecule has 2 heterocycles. The molecule has 0 unspecified atom stereocenters. The van der Waals surface area contributed by atoms with E-state index in [1.165, 1.54) is 6.20 Å². The summed E-state index contributed by atoms with van der Waals surface area (Å²) in [7, 11) is 0. The Balaban J connectivity index is 1.99. The Labute approximate surface area is 127 Å². The molecule has 0 spiro atoms. The van der Waals surface area contributed by atoms with E-state index in [2.05, 4.69) is 15.4 Å². The maximum absolute atomic E-state index is 12.4. The topological polar surface area (TPSA) is 80.0 Å². The predicted molar refractivity (Wildman–Crippen MR) is 73.2 cm³/mol. The number of rotatable bonds is 4. The number of alkyl halides is 3. The van der Waals surface area contributed by atoms with Gasteiger partial charge in [0.25, 0.3) is 0 Å². The highest BCUT2D eigenvalue weighted by molar-refractivity contribution is 7.15. The number of halogens is 3. The number of carbonyl (C=O) groups is 1. The van der Waals surface area contributed by atoms with Gasteiger partial charge in [0.1, 0.15) is 6.54 Å². The zero-order valence-corrected chi connectivity index (χ0v) is 12.5. The van der Waals surface area contributed by atoms with Gasteiger partial charge in [-0.1, -0.05) is 11.3 Å². The number of aromatic nitrogens is 3. The fraction of sp³-hybridized carbons (Fsp3) is 0.417. The third-order valence-corrected chi connectivity index (χ3v) is 3.82. The van der Waals surface area contributed by atoms with E-state index in [1.807, 2.05) is 0 Å². The van der Waals surface area contributed by atoms with Gasteiger partial charge in [-0.2, -0.15) is 18.3 Å². The van der Waals surface area contributed by atoms with Crippen LogP contribution in [-0.2, 0) is 23.1 Å². The molecule has 2 N–H and O–H groups in total. The van der Waals surface area contributed by atoms with Crippen LogP contribution in [-0.4, -0.2) is 25.8 Å². The lowest BCUT2D eigenvalue weighted by Crippen LogP contribution is -2.19. The summed E-state index contributed by atoms with van der Waals surface area (Å²) in [5.74, 6) is -0.562. The highest BCUT2D eigenvalue weighted by atomic mass is 32.1. The minimum absolute atomic E-state index is 0.255. The van der Waals surface area contributed by atoms with Crippen LogP contribution in [0.3, 0.4) is 0 Å². The summed E-state index contributed by atoms with van der Waals surface area (Å²) < 4.78 is 38.1. The van der Waals surface area contributed by atoms with Gasteiger partial charge >= 0.3 is 6.18 Å². The molecule has 2 rings (SSSR count). The number of hydrogen-bond acceptors (Lipinski definition) is 5. The number of nitrogens with one attached hydrogen (secondary N) is 1. The minimum Gasteiger partial charge on any atom is -0.385 e. The molecule has 0 fully saturated rings. The maximum Gasteiger partial charge on any atom is 0.435 e. The van der Waals surface area contributed by atoms with Crippen LogP contribution >= 0.6 is 11.3 Å². The van der Waals surface area contributed by atoms with E-state index in [9.17, 15) is 23.1 Å². The molecule has 0 aromatic carbocycles. The lowest BCUT2D eigenvalue weighted by atomic mass is 10.1. The Morgan fingerprint density at radius 3 is 2.64 bits per heavy atom. The van der Waals surface area contributed by atoms with Gasteiger partial charge in [-0.05, 0) is 19.9 Å². The van der Waals surface area contributed by atoms with Crippen molar-refractivity contribution in [2.75, 3.05) is 5.32 Å². The predicted octanol–water partition coefficient (Wildman–Crippen LogP) is 2.22. The van der Waals surface area contributed by atoms with Crippen LogP contribution in [0.5, 0.6) is 0 Å². The van der Waals surface area contributed by atoms with Crippen molar-refractivity contribution >= 4 is 22.4 Å². The van der Waals surface area contributed by atoms with Gasteiger partial charge in [0, 0.05) is 12.4 Å². The van der Waals surface area contributed by atoms with Crippen LogP contribution in [0.15, 0.2) is 18.5 Å². The molecule has 0 saturated carbocycles. The fourth-order valence-electron chi connectivity index (χ4n) is 1.52. The maximum atomic E-state index is 12.4. The van der Waals surface area contributed by atoms with Gasteiger partial charge in [-0.25, -0.2) is 4.98 Å². The molecule has 0 atom stereocenters. The third-order valence-electron chi connectivity index (χ3n) is 2.59. The highest BCUT2D eigenvalue weighted by Crippen LogP contribution is 2.29. The normalized spacial score (nSPS) is 12.5. The average molecular weight is 334 g/mol. The van der Waals surface area contributed by atoms with E-state index >= 15 is 0 Å². The molecule has 6 nitrogen and oxygen atoms in total. The molecule has 120 valence electrons. The van der Waals surface area contributed by atoms with Crippen LogP contribution in [0.2, 0.25) is 0 Å². The summed E-state index contributed by atoms with van der Waals surface area (Å²) in [6, 6.07) is 0.795. The first kappa shape index (κ1) is 16.4. The third kappa shape index (κ3) is 4.04. The molecule has 2 aromatic heterocycles. The minimum atomic E-state index is -4.54. The van der Waals surface area contributed by atoms with Gasteiger partial charge in [0.2, 0.25) is 5.91 Å². The largest absolute Gasteiger partial charge is 0.435 e. The molecule has 0 aliphatic rings. The summed E-state index contributed by atoms with van der Waals surface area (Å²) in [6.07, 6.45) is -2.04. The standard InChI is InChI=1S/C12H13F3N4O2S/c1-11(2,21)8-5-16-10(22-8)17-9(20)6-19-4-3-7(18-19)12(13,14)15/h3-5,21H,6H2,1-2H3,(H,16,17,20). The SMILES string of the molecule is CC(C)(O)c1cnc(NC(=O)Cn2ccc(C(F)(F)F)n2)s1. The molecular weight excluding hydrogens is 321 g/mol. The van der Waals surface area contributed by atoms with E-state index in [1.54, 1.807) is 13.8 Å². The number of carbonyl (C=O) groups excluding carboxylic acids is 1. The number of nitrogens with zero attached hydrogens (tertiary/aromatic N) is 3. The van der Waals surface area contributed by atoms with Crippen molar-refractivity contribution in [3.63, 3.8) is 0 Å². The van der Waals surface area contributed by atoms with Gasteiger partial charge in [0.05, 0.1) is 10.5 Å². The first-order valence-corrected chi connectivity index (χ1v) is 6.96. The van der Waals surface area contributed by atoms with E-state index < -0.39 is 23.4 Å². The Morgan fingerprint density at radius 1 is 1.45 bits per heavy atom. The molecule has 22 heavy (non-hydrogen) atoms. The first-order chi connectivity index (χ1) is 10.1. The van der Waals surface area contributed by atoms with Crippen molar-refractivity contribution in [1.82, 2.24) is 14.8 Å². The number of aliphatic hydroxyl groups is 1. The van der Waals surface area contributed by atoms with Crippen LogP contribution in [0.25, 0.3) is 0 Å². The molecule has 0 aliphatic heterocycles. The molecule has 2 aromatic rings. The van der Waals surface area contributed by atoms with Crippen molar-refractivity contribution in [3.05, 3.63) is 29.0 Å². The zero-order valence-electron chi connectivity index (χ0n) is 11.7. The summed E-state index contributed by atoms with van der Waals surface area (Å²) in [6.45, 7) is 2.79. The Morgan fingerprint density at radius 2 is 2.14 bits per heavy atom. The average Bonchev–Trinajstić information content (AvgIpc) is 2.96. The number of amides is 1. The van der Waals surface area contributed by atoms with Crippen molar-refractivity contribution in [1.29, 1.82) is 0 Å². The molecule has 0 aliphatic carbocycles. The second-order valence-electron chi connectivity index (χ2n) is 5.03. The van der Waals surface area contributed by atoms with E-state index in [0.29, 0.717) is 4.88 Å². The number of anilines is 1. The lowest BCUT2D eigenvalue weighted by molar-refractivity contribution is -0.141. The monoisotopic (exact) mass is 334 g/mol. The van der Waals surface area contributed by atoms with Crippen LogP contribution in [0.4, 0.5) is 18.3 Å². The molecule has 0 bridgehead atoms. The van der Waals surface area contributed by atoms with Crippen molar-refractivity contribution in [3.8, 4) is 0 Å². The van der Waals surface area contributed by atoms with Crippen molar-refractivity contribution in [2.45, 2.75) is 32.2 Å². The molecule has 0 radical (unpaired) electrons. The van der Waals surface area contributed by atoms with Crippen LogP contribution in [0, 0.1) is 0 Å². The first-order valence-electron chi connectivity index (χ1n) is 6.15. The van der Waals surface area contributed by atoms with Crippen LogP contribution < -0.4 is 5.32 Å². The van der Waals surface area contributed by atoms with Crippen molar-refractivity contribution < 1.29 is 23.1 Å². The Kier molecular flexibility index (Phi) is 4.25. The molecule has 0 saturated heterocycles. The number of thiazole rings is 1. The van der Waals surface area contributed by atoms with Crippen molar-refractivity contribution in [2.24, 2.45) is 0 Å². The lowest BCUT2D eigenvalue weighted by Gasteiger charge is -2.13. The molecular formula is C12H13F3N4O2S. The summed E-state index contributed by atoms with van der Waals surface area (Å²) in [5.41, 5.74) is -2.14. The molecule has 1 amide bonds. The Hall–Kier alpha value is -1.94. The van der Waals surface area contributed by atoms with Gasteiger partial charge < -0.3 is 10.4 Å². The van der Waals surface area contributed by atoms with E-state index in [0.717, 1.165) is 28.3 Å².